The third-order valence-corrected chi connectivity index (χ3v) is 4.91. The molecule has 23 heavy (non-hydrogen) atoms. The lowest BCUT2D eigenvalue weighted by Crippen LogP contribution is -2.45. The van der Waals surface area contributed by atoms with E-state index in [1.807, 2.05) is 0 Å². The molecule has 0 bridgehead atoms. The van der Waals surface area contributed by atoms with E-state index in [4.69, 9.17) is 5.11 Å². The fourth-order valence-corrected chi connectivity index (χ4v) is 3.28. The molecule has 1 saturated carbocycles. The molecule has 2 fully saturated rings. The van der Waals surface area contributed by atoms with Gasteiger partial charge in [-0.3, -0.25) is 9.59 Å². The number of likely N-dealkylation sites (tertiary alicyclic amines) is 1. The van der Waals surface area contributed by atoms with E-state index in [1.165, 1.54) is 0 Å². The Morgan fingerprint density at radius 2 is 1.74 bits per heavy atom. The van der Waals surface area contributed by atoms with Crippen LogP contribution in [0.2, 0.25) is 0 Å². The summed E-state index contributed by atoms with van der Waals surface area (Å²) in [5.41, 5.74) is 0.0441. The van der Waals surface area contributed by atoms with Crippen LogP contribution in [0.3, 0.4) is 0 Å². The molecule has 1 saturated heterocycles. The van der Waals surface area contributed by atoms with E-state index in [2.05, 4.69) is 0 Å². The number of nitrogens with zero attached hydrogens (tertiary/aromatic N) is 1. The molecule has 0 spiro atoms. The predicted octanol–water partition coefficient (Wildman–Crippen LogP) is 1.96. The molecule has 0 radical (unpaired) electrons. The summed E-state index contributed by atoms with van der Waals surface area (Å²) in [6.45, 7) is 1.10. The third-order valence-electron chi connectivity index (χ3n) is 4.91. The largest absolute Gasteiger partial charge is 0.480 e. The summed E-state index contributed by atoms with van der Waals surface area (Å²) in [6.07, 6.45) is 2.59. The second-order valence-electron chi connectivity index (χ2n) is 6.40. The van der Waals surface area contributed by atoms with Crippen molar-refractivity contribution in [3.8, 4) is 0 Å². The summed E-state index contributed by atoms with van der Waals surface area (Å²) in [4.78, 5) is 36.4. The maximum atomic E-state index is 12.5. The number of hydrogen-bond donors (Lipinski definition) is 2. The fraction of sp³-hybridized carbons (Fsp3) is 0.471. The van der Waals surface area contributed by atoms with E-state index < -0.39 is 17.4 Å². The van der Waals surface area contributed by atoms with E-state index in [9.17, 15) is 19.5 Å². The van der Waals surface area contributed by atoms with Crippen molar-refractivity contribution in [2.24, 2.45) is 5.41 Å². The quantitative estimate of drug-likeness (QED) is 0.828. The van der Waals surface area contributed by atoms with Crippen molar-refractivity contribution < 1.29 is 24.6 Å². The van der Waals surface area contributed by atoms with E-state index in [0.717, 1.165) is 18.4 Å². The average Bonchev–Trinajstić information content (AvgIpc) is 3.36. The van der Waals surface area contributed by atoms with Crippen LogP contribution in [0.15, 0.2) is 24.3 Å². The highest BCUT2D eigenvalue weighted by atomic mass is 16.4. The Morgan fingerprint density at radius 3 is 2.26 bits per heavy atom. The third kappa shape index (κ3) is 2.81. The van der Waals surface area contributed by atoms with Crippen molar-refractivity contribution in [3.63, 3.8) is 0 Å². The second-order valence-corrected chi connectivity index (χ2v) is 6.40. The number of amides is 1. The van der Waals surface area contributed by atoms with Gasteiger partial charge in [-0.25, -0.2) is 4.79 Å². The first-order valence-corrected chi connectivity index (χ1v) is 7.80. The van der Waals surface area contributed by atoms with Gasteiger partial charge in [0.05, 0.1) is 5.56 Å². The second kappa shape index (κ2) is 5.68. The van der Waals surface area contributed by atoms with E-state index >= 15 is 0 Å². The van der Waals surface area contributed by atoms with Crippen LogP contribution >= 0.6 is 0 Å². The summed E-state index contributed by atoms with van der Waals surface area (Å²) >= 11 is 0. The maximum Gasteiger partial charge on any atom is 0.335 e. The standard InChI is InChI=1S/C17H19NO5/c19-14(20)12-5-3-11(4-6-12)13-2-1-9-18(10-13)15(21)17(7-8-17)16(22)23/h3-6,13H,1-2,7-10H2,(H,19,20)(H,22,23)/t13-/m1/s1. The summed E-state index contributed by atoms with van der Waals surface area (Å²) in [6, 6.07) is 6.70. The minimum Gasteiger partial charge on any atom is -0.480 e. The molecule has 1 amide bonds. The molecule has 1 aliphatic heterocycles. The SMILES string of the molecule is O=C(O)c1ccc([C@@H]2CCCN(C(=O)C3(C(=O)O)CC3)C2)cc1. The lowest BCUT2D eigenvalue weighted by Gasteiger charge is -2.34. The first-order valence-electron chi connectivity index (χ1n) is 7.80. The highest BCUT2D eigenvalue weighted by molar-refractivity contribution is 6.04. The van der Waals surface area contributed by atoms with Gasteiger partial charge in [0.2, 0.25) is 5.91 Å². The van der Waals surface area contributed by atoms with Crippen LogP contribution in [-0.4, -0.2) is 46.0 Å². The molecular weight excluding hydrogens is 298 g/mol. The first kappa shape index (κ1) is 15.5. The van der Waals surface area contributed by atoms with Crippen LogP contribution < -0.4 is 0 Å². The molecule has 2 N–H and O–H groups in total. The van der Waals surface area contributed by atoms with E-state index in [1.54, 1.807) is 29.2 Å². The number of benzene rings is 1. The predicted molar refractivity (Wildman–Crippen MR) is 81.3 cm³/mol. The Labute approximate surface area is 133 Å². The lowest BCUT2D eigenvalue weighted by atomic mass is 9.89. The molecule has 122 valence electrons. The summed E-state index contributed by atoms with van der Waals surface area (Å²) in [7, 11) is 0. The number of carbonyl (C=O) groups excluding carboxylic acids is 1. The molecule has 6 nitrogen and oxygen atoms in total. The molecule has 0 aromatic heterocycles. The van der Waals surface area contributed by atoms with Gasteiger partial charge in [0, 0.05) is 19.0 Å². The van der Waals surface area contributed by atoms with Gasteiger partial charge in [-0.05, 0) is 43.4 Å². The van der Waals surface area contributed by atoms with Crippen LogP contribution in [0.1, 0.15) is 47.5 Å². The van der Waals surface area contributed by atoms with Crippen molar-refractivity contribution in [1.82, 2.24) is 4.90 Å². The van der Waals surface area contributed by atoms with Gasteiger partial charge in [-0.1, -0.05) is 12.1 Å². The minimum atomic E-state index is -1.19. The summed E-state index contributed by atoms with van der Waals surface area (Å²) < 4.78 is 0. The fourth-order valence-electron chi connectivity index (χ4n) is 3.28. The van der Waals surface area contributed by atoms with Gasteiger partial charge in [0.25, 0.3) is 0 Å². The number of aromatic carboxylic acids is 1. The van der Waals surface area contributed by atoms with Crippen molar-refractivity contribution in [2.45, 2.75) is 31.6 Å². The number of hydrogen-bond acceptors (Lipinski definition) is 3. The number of carboxylic acid groups (broad SMARTS) is 2. The van der Waals surface area contributed by atoms with Gasteiger partial charge < -0.3 is 15.1 Å². The first-order chi connectivity index (χ1) is 10.9. The van der Waals surface area contributed by atoms with Gasteiger partial charge >= 0.3 is 11.9 Å². The number of carboxylic acids is 2. The van der Waals surface area contributed by atoms with E-state index in [0.29, 0.717) is 25.9 Å². The zero-order valence-corrected chi connectivity index (χ0v) is 12.7. The van der Waals surface area contributed by atoms with Crippen LogP contribution in [-0.2, 0) is 9.59 Å². The van der Waals surface area contributed by atoms with Gasteiger partial charge in [-0.2, -0.15) is 0 Å². The molecule has 1 atom stereocenters. The number of rotatable bonds is 4. The van der Waals surface area contributed by atoms with Crippen LogP contribution in [0.25, 0.3) is 0 Å². The summed E-state index contributed by atoms with van der Waals surface area (Å²) in [5.74, 6) is -2.12. The Morgan fingerprint density at radius 1 is 1.09 bits per heavy atom. The smallest absolute Gasteiger partial charge is 0.335 e. The van der Waals surface area contributed by atoms with Crippen LogP contribution in [0.4, 0.5) is 0 Å². The number of piperidine rings is 1. The Bertz CT molecular complexity index is 647. The average molecular weight is 317 g/mol. The molecule has 1 aromatic carbocycles. The van der Waals surface area contributed by atoms with Crippen molar-refractivity contribution in [1.29, 1.82) is 0 Å². The van der Waals surface area contributed by atoms with Gasteiger partial charge in [-0.15, -0.1) is 0 Å². The maximum absolute atomic E-state index is 12.5. The van der Waals surface area contributed by atoms with Crippen LogP contribution in [0, 0.1) is 5.41 Å². The highest BCUT2D eigenvalue weighted by Gasteiger charge is 2.58. The highest BCUT2D eigenvalue weighted by Crippen LogP contribution is 2.48. The summed E-state index contributed by atoms with van der Waals surface area (Å²) in [5, 5.41) is 18.2. The molecule has 2 aliphatic rings. The zero-order valence-electron chi connectivity index (χ0n) is 12.7. The van der Waals surface area contributed by atoms with Crippen molar-refractivity contribution in [2.75, 3.05) is 13.1 Å². The number of carbonyl (C=O) groups is 3. The molecule has 6 heteroatoms. The van der Waals surface area contributed by atoms with Crippen LogP contribution in [0.5, 0.6) is 0 Å². The topological polar surface area (TPSA) is 94.9 Å². The van der Waals surface area contributed by atoms with Crippen molar-refractivity contribution in [3.05, 3.63) is 35.4 Å². The Kier molecular flexibility index (Phi) is 3.83. The molecular formula is C17H19NO5. The lowest BCUT2D eigenvalue weighted by molar-refractivity contribution is -0.154. The zero-order chi connectivity index (χ0) is 16.6. The molecule has 0 unspecified atom stereocenters. The Balaban J connectivity index is 1.72. The van der Waals surface area contributed by atoms with Gasteiger partial charge in [0.1, 0.15) is 5.41 Å². The molecule has 1 aromatic rings. The minimum absolute atomic E-state index is 0.125. The normalized spacial score (nSPS) is 22.4. The molecule has 1 heterocycles. The van der Waals surface area contributed by atoms with Crippen molar-refractivity contribution >= 4 is 17.8 Å². The molecule has 3 rings (SSSR count). The van der Waals surface area contributed by atoms with Gasteiger partial charge in [0.15, 0.2) is 0 Å². The molecule has 1 aliphatic carbocycles. The van der Waals surface area contributed by atoms with E-state index in [-0.39, 0.29) is 17.4 Å². The Hall–Kier alpha value is -2.37. The number of aliphatic carboxylic acids is 1. The monoisotopic (exact) mass is 317 g/mol.